The first-order chi connectivity index (χ1) is 11.2. The Kier molecular flexibility index (Phi) is 6.64. The molecule has 2 aromatic carbocycles. The smallest absolute Gasteiger partial charge is 0.228 e. The van der Waals surface area contributed by atoms with Crippen LogP contribution in [0.2, 0.25) is 0 Å². The van der Waals surface area contributed by atoms with E-state index in [0.29, 0.717) is 12.4 Å². The molecule has 24 heavy (non-hydrogen) atoms. The van der Waals surface area contributed by atoms with E-state index in [1.165, 1.54) is 0 Å². The van der Waals surface area contributed by atoms with Crippen molar-refractivity contribution in [2.45, 2.75) is 20.0 Å². The normalized spacial score (nSPS) is 16.3. The minimum atomic E-state index is 0. The molecule has 1 amide bonds. The number of ether oxygens (including phenoxy) is 1. The zero-order chi connectivity index (χ0) is 16.1. The van der Waals surface area contributed by atoms with Gasteiger partial charge in [-0.2, -0.15) is 0 Å². The fraction of sp³-hybridized carbons (Fsp3) is 0.316. The van der Waals surface area contributed by atoms with Crippen molar-refractivity contribution in [2.24, 2.45) is 5.92 Å². The average Bonchev–Trinajstić information content (AvgIpc) is 3.10. The van der Waals surface area contributed by atoms with Gasteiger partial charge in [0.15, 0.2) is 0 Å². The maximum absolute atomic E-state index is 12.3. The molecule has 1 heterocycles. The van der Waals surface area contributed by atoms with E-state index >= 15 is 0 Å². The zero-order valence-electron chi connectivity index (χ0n) is 13.7. The van der Waals surface area contributed by atoms with Crippen LogP contribution < -0.4 is 15.4 Å². The van der Waals surface area contributed by atoms with Gasteiger partial charge in [-0.1, -0.05) is 36.4 Å². The summed E-state index contributed by atoms with van der Waals surface area (Å²) in [6, 6.07) is 15.9. The Morgan fingerprint density at radius 1 is 1.25 bits per heavy atom. The minimum absolute atomic E-state index is 0. The van der Waals surface area contributed by atoms with Crippen molar-refractivity contribution < 1.29 is 9.53 Å². The van der Waals surface area contributed by atoms with Crippen molar-refractivity contribution in [1.29, 1.82) is 0 Å². The summed E-state index contributed by atoms with van der Waals surface area (Å²) in [6.07, 6.45) is 0.887. The Balaban J connectivity index is 0.00000208. The van der Waals surface area contributed by atoms with Gasteiger partial charge in [0.2, 0.25) is 5.91 Å². The second kappa shape index (κ2) is 8.71. The molecule has 2 aromatic rings. The first-order valence-electron chi connectivity index (χ1n) is 8.01. The molecule has 0 bridgehead atoms. The summed E-state index contributed by atoms with van der Waals surface area (Å²) in [4.78, 5) is 12.3. The highest BCUT2D eigenvalue weighted by Crippen LogP contribution is 2.27. The standard InChI is InChI=1S/C19H22N2O2.ClH/c1-14-7-8-17(21-19(22)16-9-10-20-12-16)18(11-14)23-13-15-5-3-2-4-6-15;/h2-8,11,16,20H,9-10,12-13H2,1H3,(H,21,22);1H. The van der Waals surface area contributed by atoms with Crippen LogP contribution in [0.3, 0.4) is 0 Å². The van der Waals surface area contributed by atoms with E-state index in [-0.39, 0.29) is 24.2 Å². The van der Waals surface area contributed by atoms with Crippen molar-refractivity contribution in [2.75, 3.05) is 18.4 Å². The Hall–Kier alpha value is -2.04. The lowest BCUT2D eigenvalue weighted by Crippen LogP contribution is -2.24. The van der Waals surface area contributed by atoms with Crippen LogP contribution in [-0.4, -0.2) is 19.0 Å². The summed E-state index contributed by atoms with van der Waals surface area (Å²) in [7, 11) is 0. The number of benzene rings is 2. The number of nitrogens with one attached hydrogen (secondary N) is 2. The molecule has 1 unspecified atom stereocenters. The van der Waals surface area contributed by atoms with Crippen LogP contribution in [0.15, 0.2) is 48.5 Å². The fourth-order valence-corrected chi connectivity index (χ4v) is 2.70. The molecule has 5 heteroatoms. The predicted octanol–water partition coefficient (Wildman–Crippen LogP) is 3.54. The average molecular weight is 347 g/mol. The summed E-state index contributed by atoms with van der Waals surface area (Å²) in [5.74, 6) is 0.815. The van der Waals surface area contributed by atoms with Gasteiger partial charge in [0.25, 0.3) is 0 Å². The third kappa shape index (κ3) is 4.73. The molecule has 0 aromatic heterocycles. The van der Waals surface area contributed by atoms with Crippen molar-refractivity contribution >= 4 is 24.0 Å². The largest absolute Gasteiger partial charge is 0.487 e. The van der Waals surface area contributed by atoms with Crippen molar-refractivity contribution in [1.82, 2.24) is 5.32 Å². The van der Waals surface area contributed by atoms with E-state index in [2.05, 4.69) is 10.6 Å². The van der Waals surface area contributed by atoms with Crippen molar-refractivity contribution in [3.05, 3.63) is 59.7 Å². The van der Waals surface area contributed by atoms with Crippen LogP contribution in [-0.2, 0) is 11.4 Å². The number of aryl methyl sites for hydroxylation is 1. The fourth-order valence-electron chi connectivity index (χ4n) is 2.70. The summed E-state index contributed by atoms with van der Waals surface area (Å²) < 4.78 is 5.94. The maximum Gasteiger partial charge on any atom is 0.228 e. The molecule has 4 nitrogen and oxygen atoms in total. The third-order valence-corrected chi connectivity index (χ3v) is 4.06. The van der Waals surface area contributed by atoms with Crippen molar-refractivity contribution in [3.63, 3.8) is 0 Å². The molecule has 0 aliphatic carbocycles. The van der Waals surface area contributed by atoms with Gasteiger partial charge < -0.3 is 15.4 Å². The van der Waals surface area contributed by atoms with Gasteiger partial charge in [-0.05, 0) is 43.1 Å². The Labute approximate surface area is 149 Å². The van der Waals surface area contributed by atoms with Crippen molar-refractivity contribution in [3.8, 4) is 5.75 Å². The van der Waals surface area contributed by atoms with E-state index in [4.69, 9.17) is 4.74 Å². The number of halogens is 1. The molecule has 128 valence electrons. The highest BCUT2D eigenvalue weighted by molar-refractivity contribution is 5.94. The van der Waals surface area contributed by atoms with E-state index in [9.17, 15) is 4.79 Å². The highest BCUT2D eigenvalue weighted by Gasteiger charge is 2.23. The van der Waals surface area contributed by atoms with E-state index < -0.39 is 0 Å². The van der Waals surface area contributed by atoms with Gasteiger partial charge in [-0.25, -0.2) is 0 Å². The lowest BCUT2D eigenvalue weighted by atomic mass is 10.1. The van der Waals surface area contributed by atoms with Crippen LogP contribution in [0.25, 0.3) is 0 Å². The molecule has 3 rings (SSSR count). The molecule has 0 saturated carbocycles. The van der Waals surface area contributed by atoms with Gasteiger partial charge in [0, 0.05) is 6.54 Å². The number of rotatable bonds is 5. The Morgan fingerprint density at radius 3 is 2.75 bits per heavy atom. The van der Waals surface area contributed by atoms with Crippen LogP contribution in [0.5, 0.6) is 5.75 Å². The molecular weight excluding hydrogens is 324 g/mol. The lowest BCUT2D eigenvalue weighted by Gasteiger charge is -2.15. The molecular formula is C19H23ClN2O2. The highest BCUT2D eigenvalue weighted by atomic mass is 35.5. The molecule has 2 N–H and O–H groups in total. The van der Waals surface area contributed by atoms with E-state index in [1.54, 1.807) is 0 Å². The Bertz CT molecular complexity index is 670. The van der Waals surface area contributed by atoms with Crippen LogP contribution in [0, 0.1) is 12.8 Å². The summed E-state index contributed by atoms with van der Waals surface area (Å²) in [5.41, 5.74) is 2.95. The number of hydrogen-bond donors (Lipinski definition) is 2. The summed E-state index contributed by atoms with van der Waals surface area (Å²) >= 11 is 0. The van der Waals surface area contributed by atoms with Crippen LogP contribution in [0.4, 0.5) is 5.69 Å². The molecule has 1 atom stereocenters. The van der Waals surface area contributed by atoms with Gasteiger partial charge >= 0.3 is 0 Å². The van der Waals surface area contributed by atoms with Crippen LogP contribution >= 0.6 is 12.4 Å². The van der Waals surface area contributed by atoms with E-state index in [1.807, 2.05) is 55.5 Å². The second-order valence-electron chi connectivity index (χ2n) is 5.95. The molecule has 1 fully saturated rings. The SMILES string of the molecule is Cc1ccc(NC(=O)C2CCNC2)c(OCc2ccccc2)c1.Cl. The molecule has 1 aliphatic heterocycles. The number of carbonyl (C=O) groups excluding carboxylic acids is 1. The predicted molar refractivity (Wildman–Crippen MR) is 98.8 cm³/mol. The van der Waals surface area contributed by atoms with Crippen LogP contribution in [0.1, 0.15) is 17.5 Å². The lowest BCUT2D eigenvalue weighted by molar-refractivity contribution is -0.119. The van der Waals surface area contributed by atoms with Gasteiger partial charge in [-0.3, -0.25) is 4.79 Å². The van der Waals surface area contributed by atoms with E-state index in [0.717, 1.165) is 36.3 Å². The number of anilines is 1. The summed E-state index contributed by atoms with van der Waals surface area (Å²) in [5, 5.41) is 6.23. The molecule has 0 spiro atoms. The molecule has 0 radical (unpaired) electrons. The zero-order valence-corrected chi connectivity index (χ0v) is 14.6. The maximum atomic E-state index is 12.3. The number of carbonyl (C=O) groups is 1. The monoisotopic (exact) mass is 346 g/mol. The minimum Gasteiger partial charge on any atom is -0.487 e. The molecule has 1 saturated heterocycles. The van der Waals surface area contributed by atoms with Gasteiger partial charge in [0.1, 0.15) is 12.4 Å². The summed E-state index contributed by atoms with van der Waals surface area (Å²) in [6.45, 7) is 4.15. The Morgan fingerprint density at radius 2 is 2.04 bits per heavy atom. The third-order valence-electron chi connectivity index (χ3n) is 4.06. The van der Waals surface area contributed by atoms with Gasteiger partial charge in [0.05, 0.1) is 11.6 Å². The first kappa shape index (κ1) is 18.3. The quantitative estimate of drug-likeness (QED) is 0.870. The number of hydrogen-bond acceptors (Lipinski definition) is 3. The van der Waals surface area contributed by atoms with Gasteiger partial charge in [-0.15, -0.1) is 12.4 Å². The number of amides is 1. The second-order valence-corrected chi connectivity index (χ2v) is 5.95. The molecule has 1 aliphatic rings. The topological polar surface area (TPSA) is 50.4 Å². The first-order valence-corrected chi connectivity index (χ1v) is 8.01.